The number of rotatable bonds is 7. The highest BCUT2D eigenvalue weighted by Gasteiger charge is 2.30. The maximum atomic E-state index is 12.6. The zero-order valence-electron chi connectivity index (χ0n) is 16.3. The summed E-state index contributed by atoms with van der Waals surface area (Å²) in [6, 6.07) is 5.73. The SMILES string of the molecule is COc1ccc(C)cc1NC(=O)C1CCC(C(=O)NCCN(C)C)CC1. The number of aryl methyl sites for hydroxylation is 1. The highest BCUT2D eigenvalue weighted by molar-refractivity contribution is 5.94. The van der Waals surface area contributed by atoms with Gasteiger partial charge in [-0.1, -0.05) is 6.07 Å². The van der Waals surface area contributed by atoms with Crippen LogP contribution in [0.3, 0.4) is 0 Å². The lowest BCUT2D eigenvalue weighted by atomic mass is 9.81. The van der Waals surface area contributed by atoms with Crippen LogP contribution in [-0.2, 0) is 9.59 Å². The normalized spacial score (nSPS) is 19.9. The third-order valence-electron chi connectivity index (χ3n) is 4.94. The number of hydrogen-bond donors (Lipinski definition) is 2. The molecule has 0 aliphatic heterocycles. The molecule has 0 unspecified atom stereocenters. The molecule has 0 atom stereocenters. The molecular weight excluding hydrogens is 330 g/mol. The average Bonchev–Trinajstić information content (AvgIpc) is 2.61. The van der Waals surface area contributed by atoms with E-state index in [1.807, 2.05) is 44.1 Å². The van der Waals surface area contributed by atoms with Gasteiger partial charge in [-0.3, -0.25) is 9.59 Å². The van der Waals surface area contributed by atoms with Crippen molar-refractivity contribution >= 4 is 17.5 Å². The Bertz CT molecular complexity index is 623. The lowest BCUT2D eigenvalue weighted by Gasteiger charge is -2.27. The van der Waals surface area contributed by atoms with Crippen LogP contribution in [0.4, 0.5) is 5.69 Å². The van der Waals surface area contributed by atoms with Gasteiger partial charge >= 0.3 is 0 Å². The van der Waals surface area contributed by atoms with E-state index in [-0.39, 0.29) is 23.7 Å². The minimum absolute atomic E-state index is 0.0142. The Balaban J connectivity index is 1.83. The molecule has 2 amide bonds. The van der Waals surface area contributed by atoms with Crippen molar-refractivity contribution < 1.29 is 14.3 Å². The van der Waals surface area contributed by atoms with Gasteiger partial charge in [-0.05, 0) is 64.4 Å². The fourth-order valence-corrected chi connectivity index (χ4v) is 3.32. The smallest absolute Gasteiger partial charge is 0.227 e. The molecule has 1 aliphatic carbocycles. The summed E-state index contributed by atoms with van der Waals surface area (Å²) >= 11 is 0. The molecule has 6 nitrogen and oxygen atoms in total. The van der Waals surface area contributed by atoms with E-state index in [1.165, 1.54) is 0 Å². The summed E-state index contributed by atoms with van der Waals surface area (Å²) in [5.74, 6) is 0.769. The van der Waals surface area contributed by atoms with Gasteiger partial charge < -0.3 is 20.3 Å². The number of nitrogens with one attached hydrogen (secondary N) is 2. The predicted octanol–water partition coefficient (Wildman–Crippen LogP) is 2.43. The van der Waals surface area contributed by atoms with Crippen LogP contribution in [0.15, 0.2) is 18.2 Å². The van der Waals surface area contributed by atoms with Crippen LogP contribution in [-0.4, -0.2) is 51.0 Å². The Morgan fingerprint density at radius 3 is 2.31 bits per heavy atom. The third kappa shape index (κ3) is 5.73. The maximum absolute atomic E-state index is 12.6. The van der Waals surface area contributed by atoms with Crippen LogP contribution in [0.5, 0.6) is 5.75 Å². The summed E-state index contributed by atoms with van der Waals surface area (Å²) in [5.41, 5.74) is 1.78. The zero-order chi connectivity index (χ0) is 19.1. The van der Waals surface area contributed by atoms with Crippen molar-refractivity contribution in [1.29, 1.82) is 0 Å². The molecule has 0 spiro atoms. The van der Waals surface area contributed by atoms with Crippen LogP contribution in [0, 0.1) is 18.8 Å². The molecule has 0 saturated heterocycles. The second kappa shape index (κ2) is 9.57. The molecule has 26 heavy (non-hydrogen) atoms. The molecular formula is C20H31N3O3. The van der Waals surface area contributed by atoms with Crippen molar-refractivity contribution in [2.24, 2.45) is 11.8 Å². The standard InChI is InChI=1S/C20H31N3O3/c1-14-5-10-18(26-4)17(13-14)22-20(25)16-8-6-15(7-9-16)19(24)21-11-12-23(2)3/h5,10,13,15-16H,6-9,11-12H2,1-4H3,(H,21,24)(H,22,25). The monoisotopic (exact) mass is 361 g/mol. The molecule has 1 saturated carbocycles. The lowest BCUT2D eigenvalue weighted by molar-refractivity contribution is -0.128. The number of ether oxygens (including phenoxy) is 1. The fraction of sp³-hybridized carbons (Fsp3) is 0.600. The Labute approximate surface area is 156 Å². The molecule has 144 valence electrons. The van der Waals surface area contributed by atoms with E-state index in [0.717, 1.165) is 37.8 Å². The third-order valence-corrected chi connectivity index (χ3v) is 4.94. The quantitative estimate of drug-likeness (QED) is 0.782. The molecule has 6 heteroatoms. The van der Waals surface area contributed by atoms with Crippen LogP contribution in [0.25, 0.3) is 0 Å². The van der Waals surface area contributed by atoms with E-state index in [0.29, 0.717) is 18.0 Å². The summed E-state index contributed by atoms with van der Waals surface area (Å²) < 4.78 is 5.32. The van der Waals surface area contributed by atoms with Gasteiger partial charge in [-0.2, -0.15) is 0 Å². The van der Waals surface area contributed by atoms with Crippen LogP contribution < -0.4 is 15.4 Å². The van der Waals surface area contributed by atoms with E-state index in [2.05, 4.69) is 10.6 Å². The number of likely N-dealkylation sites (N-methyl/N-ethyl adjacent to an activating group) is 1. The minimum Gasteiger partial charge on any atom is -0.495 e. The number of nitrogens with zero attached hydrogens (tertiary/aromatic N) is 1. The first-order valence-corrected chi connectivity index (χ1v) is 9.28. The van der Waals surface area contributed by atoms with Gasteiger partial charge in [-0.25, -0.2) is 0 Å². The van der Waals surface area contributed by atoms with Gasteiger partial charge in [0.05, 0.1) is 12.8 Å². The number of carbonyl (C=O) groups is 2. The van der Waals surface area contributed by atoms with Gasteiger partial charge in [0.1, 0.15) is 5.75 Å². The summed E-state index contributed by atoms with van der Waals surface area (Å²) in [5, 5.41) is 5.98. The highest BCUT2D eigenvalue weighted by atomic mass is 16.5. The van der Waals surface area contributed by atoms with E-state index in [9.17, 15) is 9.59 Å². The second-order valence-electron chi connectivity index (χ2n) is 7.34. The summed E-state index contributed by atoms with van der Waals surface area (Å²) in [6.45, 7) is 3.48. The molecule has 1 aromatic rings. The van der Waals surface area contributed by atoms with Gasteiger partial charge in [0.2, 0.25) is 11.8 Å². The number of hydrogen-bond acceptors (Lipinski definition) is 4. The number of anilines is 1. The van der Waals surface area contributed by atoms with E-state index in [1.54, 1.807) is 7.11 Å². The van der Waals surface area contributed by atoms with Gasteiger partial charge in [0.25, 0.3) is 0 Å². The predicted molar refractivity (Wildman–Crippen MR) is 103 cm³/mol. The zero-order valence-corrected chi connectivity index (χ0v) is 16.3. The number of carbonyl (C=O) groups excluding carboxylic acids is 2. The van der Waals surface area contributed by atoms with Gasteiger partial charge in [0.15, 0.2) is 0 Å². The molecule has 0 radical (unpaired) electrons. The first-order valence-electron chi connectivity index (χ1n) is 9.28. The second-order valence-corrected chi connectivity index (χ2v) is 7.34. The van der Waals surface area contributed by atoms with Crippen LogP contribution in [0.2, 0.25) is 0 Å². The van der Waals surface area contributed by atoms with Crippen molar-refractivity contribution in [3.05, 3.63) is 23.8 Å². The molecule has 1 aromatic carbocycles. The van der Waals surface area contributed by atoms with Crippen LogP contribution in [0.1, 0.15) is 31.2 Å². The summed E-state index contributed by atoms with van der Waals surface area (Å²) in [6.07, 6.45) is 3.01. The largest absolute Gasteiger partial charge is 0.495 e. The molecule has 2 rings (SSSR count). The van der Waals surface area contributed by atoms with Crippen molar-refractivity contribution in [1.82, 2.24) is 10.2 Å². The van der Waals surface area contributed by atoms with Crippen molar-refractivity contribution in [2.75, 3.05) is 39.6 Å². The average molecular weight is 361 g/mol. The Kier molecular flexibility index (Phi) is 7.45. The Morgan fingerprint density at radius 2 is 1.73 bits per heavy atom. The lowest BCUT2D eigenvalue weighted by Crippen LogP contribution is -2.38. The molecule has 1 fully saturated rings. The maximum Gasteiger partial charge on any atom is 0.227 e. The van der Waals surface area contributed by atoms with Crippen LogP contribution >= 0.6 is 0 Å². The van der Waals surface area contributed by atoms with E-state index < -0.39 is 0 Å². The molecule has 2 N–H and O–H groups in total. The fourth-order valence-electron chi connectivity index (χ4n) is 3.32. The Hall–Kier alpha value is -2.08. The molecule has 1 aliphatic rings. The highest BCUT2D eigenvalue weighted by Crippen LogP contribution is 2.31. The minimum atomic E-state index is -0.0500. The topological polar surface area (TPSA) is 70.7 Å². The van der Waals surface area contributed by atoms with Gasteiger partial charge in [-0.15, -0.1) is 0 Å². The van der Waals surface area contributed by atoms with Crippen molar-refractivity contribution in [3.63, 3.8) is 0 Å². The number of benzene rings is 1. The van der Waals surface area contributed by atoms with Gasteiger partial charge in [0, 0.05) is 24.9 Å². The number of amides is 2. The molecule has 0 bridgehead atoms. The van der Waals surface area contributed by atoms with E-state index in [4.69, 9.17) is 4.74 Å². The van der Waals surface area contributed by atoms with Crippen molar-refractivity contribution in [2.45, 2.75) is 32.6 Å². The molecule has 0 heterocycles. The first-order chi connectivity index (χ1) is 12.4. The first kappa shape index (κ1) is 20.2. The number of methoxy groups -OCH3 is 1. The van der Waals surface area contributed by atoms with Crippen molar-refractivity contribution in [3.8, 4) is 5.75 Å². The Morgan fingerprint density at radius 1 is 1.12 bits per heavy atom. The molecule has 0 aromatic heterocycles. The summed E-state index contributed by atoms with van der Waals surface area (Å²) in [4.78, 5) is 26.9. The van der Waals surface area contributed by atoms with E-state index >= 15 is 0 Å². The summed E-state index contributed by atoms with van der Waals surface area (Å²) in [7, 11) is 5.57.